The molecule has 0 atom stereocenters. The van der Waals surface area contributed by atoms with Crippen molar-refractivity contribution < 1.29 is 0 Å². The Morgan fingerprint density at radius 2 is 2.00 bits per heavy atom. The van der Waals surface area contributed by atoms with Gasteiger partial charge in [0.05, 0.1) is 5.52 Å². The zero-order valence-electron chi connectivity index (χ0n) is 10.9. The molecule has 1 N–H and O–H groups in total. The molecule has 2 aromatic rings. The van der Waals surface area contributed by atoms with E-state index < -0.39 is 0 Å². The highest BCUT2D eigenvalue weighted by Gasteiger charge is 2.04. The number of fused-ring (bicyclic) bond motifs is 1. The van der Waals surface area contributed by atoms with Crippen molar-refractivity contribution in [3.05, 3.63) is 35.4 Å². The van der Waals surface area contributed by atoms with Gasteiger partial charge in [0.2, 0.25) is 0 Å². The maximum atomic E-state index is 4.71. The molecular formula is C15H20N2. The molecule has 2 nitrogen and oxygen atoms in total. The molecule has 0 aliphatic heterocycles. The van der Waals surface area contributed by atoms with Crippen molar-refractivity contribution in [2.24, 2.45) is 0 Å². The van der Waals surface area contributed by atoms with Gasteiger partial charge in [0, 0.05) is 11.9 Å². The first-order valence-corrected chi connectivity index (χ1v) is 6.38. The van der Waals surface area contributed by atoms with Gasteiger partial charge in [0.1, 0.15) is 5.82 Å². The normalized spacial score (nSPS) is 10.8. The fourth-order valence-electron chi connectivity index (χ4n) is 2.01. The van der Waals surface area contributed by atoms with Crippen molar-refractivity contribution in [3.8, 4) is 0 Å². The van der Waals surface area contributed by atoms with Crippen molar-refractivity contribution in [3.63, 3.8) is 0 Å². The third-order valence-corrected chi connectivity index (χ3v) is 2.97. The van der Waals surface area contributed by atoms with Crippen molar-refractivity contribution in [2.75, 3.05) is 11.9 Å². The van der Waals surface area contributed by atoms with E-state index in [1.54, 1.807) is 0 Å². The lowest BCUT2D eigenvalue weighted by Crippen LogP contribution is -2.05. The highest BCUT2D eigenvalue weighted by molar-refractivity contribution is 5.82. The van der Waals surface area contributed by atoms with E-state index >= 15 is 0 Å². The molecule has 2 heteroatoms. The van der Waals surface area contributed by atoms with Gasteiger partial charge in [-0.15, -0.1) is 0 Å². The van der Waals surface area contributed by atoms with Gasteiger partial charge in [-0.3, -0.25) is 0 Å². The summed E-state index contributed by atoms with van der Waals surface area (Å²) in [6.45, 7) is 7.45. The fourth-order valence-corrected chi connectivity index (χ4v) is 2.01. The number of anilines is 1. The van der Waals surface area contributed by atoms with Crippen LogP contribution in [0.5, 0.6) is 0 Å². The summed E-state index contributed by atoms with van der Waals surface area (Å²) in [7, 11) is 0. The van der Waals surface area contributed by atoms with Crippen LogP contribution in [0.4, 0.5) is 5.82 Å². The summed E-state index contributed by atoms with van der Waals surface area (Å²) in [6.07, 6.45) is 2.14. The Hall–Kier alpha value is -1.57. The summed E-state index contributed by atoms with van der Waals surface area (Å²) in [4.78, 5) is 4.71. The van der Waals surface area contributed by atoms with Crippen LogP contribution >= 0.6 is 0 Å². The SMILES string of the molecule is CCCNc1nc2ccc(C)cc2cc1CC. The molecule has 0 fully saturated rings. The van der Waals surface area contributed by atoms with Gasteiger partial charge >= 0.3 is 0 Å². The largest absolute Gasteiger partial charge is 0.370 e. The summed E-state index contributed by atoms with van der Waals surface area (Å²) in [5, 5.41) is 4.65. The lowest BCUT2D eigenvalue weighted by atomic mass is 10.1. The lowest BCUT2D eigenvalue weighted by molar-refractivity contribution is 0.962. The molecule has 0 aliphatic rings. The molecule has 0 aliphatic carbocycles. The highest BCUT2D eigenvalue weighted by atomic mass is 15.0. The molecule has 0 bridgehead atoms. The van der Waals surface area contributed by atoms with Crippen LogP contribution in [0.25, 0.3) is 10.9 Å². The zero-order valence-corrected chi connectivity index (χ0v) is 10.9. The van der Waals surface area contributed by atoms with Crippen LogP contribution in [0, 0.1) is 6.92 Å². The first-order valence-electron chi connectivity index (χ1n) is 6.38. The standard InChI is InChI=1S/C15H20N2/c1-4-8-16-15-12(5-2)10-13-9-11(3)6-7-14(13)17-15/h6-7,9-10H,4-5,8H2,1-3H3,(H,16,17). The van der Waals surface area contributed by atoms with Gasteiger partial charge in [-0.2, -0.15) is 0 Å². The Morgan fingerprint density at radius 3 is 2.71 bits per heavy atom. The maximum absolute atomic E-state index is 4.71. The number of benzene rings is 1. The molecule has 1 aromatic heterocycles. The first kappa shape index (κ1) is 11.9. The first-order chi connectivity index (χ1) is 8.24. The highest BCUT2D eigenvalue weighted by Crippen LogP contribution is 2.22. The second-order valence-electron chi connectivity index (χ2n) is 4.47. The third kappa shape index (κ3) is 2.57. The summed E-state index contributed by atoms with van der Waals surface area (Å²) in [5.41, 5.74) is 3.67. The molecule has 0 saturated heterocycles. The molecule has 1 aromatic carbocycles. The van der Waals surface area contributed by atoms with Crippen molar-refractivity contribution >= 4 is 16.7 Å². The number of pyridine rings is 1. The molecule has 0 radical (unpaired) electrons. The Morgan fingerprint density at radius 1 is 1.18 bits per heavy atom. The van der Waals surface area contributed by atoms with E-state index in [0.29, 0.717) is 0 Å². The van der Waals surface area contributed by atoms with Gasteiger partial charge in [0.25, 0.3) is 0 Å². The summed E-state index contributed by atoms with van der Waals surface area (Å²) in [5.74, 6) is 1.05. The second kappa shape index (κ2) is 5.17. The topological polar surface area (TPSA) is 24.9 Å². The smallest absolute Gasteiger partial charge is 0.129 e. The quantitative estimate of drug-likeness (QED) is 0.857. The van der Waals surface area contributed by atoms with Crippen molar-refractivity contribution in [2.45, 2.75) is 33.6 Å². The number of nitrogens with zero attached hydrogens (tertiary/aromatic N) is 1. The van der Waals surface area contributed by atoms with Crippen LogP contribution in [-0.4, -0.2) is 11.5 Å². The number of nitrogens with one attached hydrogen (secondary N) is 1. The number of hydrogen-bond acceptors (Lipinski definition) is 2. The van der Waals surface area contributed by atoms with Crippen LogP contribution in [0.15, 0.2) is 24.3 Å². The molecule has 0 spiro atoms. The Balaban J connectivity index is 2.48. The van der Waals surface area contributed by atoms with E-state index in [-0.39, 0.29) is 0 Å². The molecule has 0 saturated carbocycles. The zero-order chi connectivity index (χ0) is 12.3. The molecule has 0 unspecified atom stereocenters. The average Bonchev–Trinajstić information content (AvgIpc) is 2.35. The fraction of sp³-hybridized carbons (Fsp3) is 0.400. The van der Waals surface area contributed by atoms with Gasteiger partial charge in [-0.25, -0.2) is 4.98 Å². The van der Waals surface area contributed by atoms with Crippen LogP contribution in [0.1, 0.15) is 31.4 Å². The van der Waals surface area contributed by atoms with Gasteiger partial charge < -0.3 is 5.32 Å². The van der Waals surface area contributed by atoms with E-state index in [0.717, 1.165) is 30.7 Å². The monoisotopic (exact) mass is 228 g/mol. The Bertz CT molecular complexity index is 518. The van der Waals surface area contributed by atoms with Crippen molar-refractivity contribution in [1.82, 2.24) is 4.98 Å². The van der Waals surface area contributed by atoms with Crippen LogP contribution in [0.3, 0.4) is 0 Å². The minimum Gasteiger partial charge on any atom is -0.370 e. The molecule has 90 valence electrons. The molecular weight excluding hydrogens is 208 g/mol. The third-order valence-electron chi connectivity index (χ3n) is 2.97. The Kier molecular flexibility index (Phi) is 3.62. The maximum Gasteiger partial charge on any atom is 0.129 e. The van der Waals surface area contributed by atoms with E-state index in [1.807, 2.05) is 0 Å². The Labute approximate surface area is 103 Å². The van der Waals surface area contributed by atoms with Crippen molar-refractivity contribution in [1.29, 1.82) is 0 Å². The van der Waals surface area contributed by atoms with Gasteiger partial charge in [-0.05, 0) is 43.5 Å². The second-order valence-corrected chi connectivity index (χ2v) is 4.47. The predicted octanol–water partition coefficient (Wildman–Crippen LogP) is 3.93. The lowest BCUT2D eigenvalue weighted by Gasteiger charge is -2.11. The van der Waals surface area contributed by atoms with E-state index in [4.69, 9.17) is 4.98 Å². The minimum absolute atomic E-state index is 0.984. The molecule has 1 heterocycles. The van der Waals surface area contributed by atoms with Crippen LogP contribution in [-0.2, 0) is 6.42 Å². The summed E-state index contributed by atoms with van der Waals surface area (Å²) < 4.78 is 0. The van der Waals surface area contributed by atoms with Crippen LogP contribution < -0.4 is 5.32 Å². The van der Waals surface area contributed by atoms with E-state index in [2.05, 4.69) is 50.4 Å². The van der Waals surface area contributed by atoms with E-state index in [1.165, 1.54) is 16.5 Å². The number of aryl methyl sites for hydroxylation is 2. The summed E-state index contributed by atoms with van der Waals surface area (Å²) in [6, 6.07) is 8.67. The number of hydrogen-bond donors (Lipinski definition) is 1. The molecule has 0 amide bonds. The predicted molar refractivity (Wildman–Crippen MR) is 74.6 cm³/mol. The molecule has 2 rings (SSSR count). The number of aromatic nitrogens is 1. The minimum atomic E-state index is 0.984. The van der Waals surface area contributed by atoms with E-state index in [9.17, 15) is 0 Å². The molecule has 17 heavy (non-hydrogen) atoms. The van der Waals surface area contributed by atoms with Gasteiger partial charge in [-0.1, -0.05) is 25.5 Å². The van der Waals surface area contributed by atoms with Crippen LogP contribution in [0.2, 0.25) is 0 Å². The number of rotatable bonds is 4. The average molecular weight is 228 g/mol. The van der Waals surface area contributed by atoms with Gasteiger partial charge in [0.15, 0.2) is 0 Å². The summed E-state index contributed by atoms with van der Waals surface area (Å²) >= 11 is 0.